The van der Waals surface area contributed by atoms with E-state index in [4.69, 9.17) is 14.2 Å². The lowest BCUT2D eigenvalue weighted by Crippen LogP contribution is -2.30. The van der Waals surface area contributed by atoms with Crippen molar-refractivity contribution in [3.8, 4) is 11.5 Å². The Morgan fingerprint density at radius 3 is 2.27 bits per heavy atom. The first-order valence-corrected chi connectivity index (χ1v) is 9.46. The Labute approximate surface area is 175 Å². The molecule has 0 aromatic heterocycles. The summed E-state index contributed by atoms with van der Waals surface area (Å²) < 4.78 is 15.5. The highest BCUT2D eigenvalue weighted by Gasteiger charge is 2.20. The van der Waals surface area contributed by atoms with Gasteiger partial charge >= 0.3 is 5.97 Å². The van der Waals surface area contributed by atoms with Gasteiger partial charge in [-0.25, -0.2) is 4.79 Å². The molecule has 0 aliphatic carbocycles. The van der Waals surface area contributed by atoms with Gasteiger partial charge in [0, 0.05) is 25.6 Å². The normalized spacial score (nSPS) is 10.1. The second-order valence-corrected chi connectivity index (χ2v) is 6.45. The van der Waals surface area contributed by atoms with Crippen molar-refractivity contribution in [1.29, 1.82) is 0 Å². The number of ether oxygens (including phenoxy) is 3. The molecule has 0 fully saturated rings. The van der Waals surface area contributed by atoms with Gasteiger partial charge in [-0.2, -0.15) is 0 Å². The van der Waals surface area contributed by atoms with Crippen molar-refractivity contribution in [2.75, 3.05) is 32.7 Å². The summed E-state index contributed by atoms with van der Waals surface area (Å²) in [5.41, 5.74) is 1.45. The van der Waals surface area contributed by atoms with E-state index in [1.54, 1.807) is 0 Å². The second-order valence-electron chi connectivity index (χ2n) is 6.45. The van der Waals surface area contributed by atoms with E-state index in [1.165, 1.54) is 38.8 Å². The van der Waals surface area contributed by atoms with Crippen molar-refractivity contribution >= 4 is 23.5 Å². The molecule has 0 atom stereocenters. The maximum absolute atomic E-state index is 12.5. The zero-order valence-corrected chi connectivity index (χ0v) is 17.3. The molecule has 160 valence electrons. The summed E-state index contributed by atoms with van der Waals surface area (Å²) in [5.74, 6) is -0.901. The largest absolute Gasteiger partial charge is 0.493 e. The minimum atomic E-state index is -0.765. The van der Waals surface area contributed by atoms with Gasteiger partial charge < -0.3 is 24.8 Å². The molecule has 0 unspecified atom stereocenters. The van der Waals surface area contributed by atoms with Crippen molar-refractivity contribution in [3.63, 3.8) is 0 Å². The van der Waals surface area contributed by atoms with Crippen molar-refractivity contribution in [2.45, 2.75) is 19.8 Å². The Bertz CT molecular complexity index is 883. The number of esters is 1. The maximum atomic E-state index is 12.5. The second kappa shape index (κ2) is 11.5. The summed E-state index contributed by atoms with van der Waals surface area (Å²) in [6.07, 6.45) is 1.61. The van der Waals surface area contributed by atoms with Crippen LogP contribution in [0.25, 0.3) is 0 Å². The number of amides is 2. The molecule has 2 aromatic rings. The molecule has 0 heterocycles. The van der Waals surface area contributed by atoms with Crippen molar-refractivity contribution < 1.29 is 28.6 Å². The highest BCUT2D eigenvalue weighted by molar-refractivity contribution is 6.02. The number of hydrogen-bond donors (Lipinski definition) is 2. The van der Waals surface area contributed by atoms with Crippen LogP contribution in [0.5, 0.6) is 11.5 Å². The van der Waals surface area contributed by atoms with Gasteiger partial charge in [-0.3, -0.25) is 9.59 Å². The van der Waals surface area contributed by atoms with Crippen LogP contribution in [0.1, 0.15) is 29.3 Å². The predicted octanol–water partition coefficient (Wildman–Crippen LogP) is 2.57. The van der Waals surface area contributed by atoms with Crippen LogP contribution in [-0.4, -0.2) is 45.2 Å². The molecule has 0 aliphatic heterocycles. The third-order valence-electron chi connectivity index (χ3n) is 4.20. The first-order chi connectivity index (χ1) is 14.4. The van der Waals surface area contributed by atoms with E-state index in [9.17, 15) is 14.4 Å². The number of benzene rings is 2. The summed E-state index contributed by atoms with van der Waals surface area (Å²) in [6, 6.07) is 12.8. The fourth-order valence-electron chi connectivity index (χ4n) is 2.77. The summed E-state index contributed by atoms with van der Waals surface area (Å²) in [6.45, 7) is 1.35. The molecule has 0 aliphatic rings. The molecule has 2 rings (SSSR count). The minimum Gasteiger partial charge on any atom is -0.493 e. The van der Waals surface area contributed by atoms with E-state index in [-0.39, 0.29) is 17.2 Å². The van der Waals surface area contributed by atoms with Crippen LogP contribution in [0.3, 0.4) is 0 Å². The highest BCUT2D eigenvalue weighted by Crippen LogP contribution is 2.33. The molecule has 2 aromatic carbocycles. The molecular formula is C22H26N2O6. The average Bonchev–Trinajstić information content (AvgIpc) is 2.75. The Hall–Kier alpha value is -3.55. The van der Waals surface area contributed by atoms with Crippen LogP contribution < -0.4 is 20.1 Å². The first-order valence-electron chi connectivity index (χ1n) is 9.46. The van der Waals surface area contributed by atoms with Crippen LogP contribution in [0, 0.1) is 0 Å². The number of carbonyl (C=O) groups is 3. The number of carbonyl (C=O) groups excluding carboxylic acids is 3. The number of anilines is 1. The molecule has 30 heavy (non-hydrogen) atoms. The number of methoxy groups -OCH3 is 2. The lowest BCUT2D eigenvalue weighted by molar-refractivity contribution is -0.124. The molecule has 8 heteroatoms. The lowest BCUT2D eigenvalue weighted by atomic mass is 10.1. The van der Waals surface area contributed by atoms with Gasteiger partial charge in [-0.1, -0.05) is 30.3 Å². The molecule has 2 amide bonds. The Morgan fingerprint density at radius 2 is 1.63 bits per heavy atom. The SMILES string of the molecule is COc1cc(NC(C)=O)c(C(=O)OCC(=O)NCCCc2ccccc2)cc1OC. The van der Waals surface area contributed by atoms with E-state index in [2.05, 4.69) is 10.6 Å². The maximum Gasteiger partial charge on any atom is 0.340 e. The third-order valence-corrected chi connectivity index (χ3v) is 4.20. The van der Waals surface area contributed by atoms with Gasteiger partial charge in [0.15, 0.2) is 18.1 Å². The molecule has 0 spiro atoms. The molecule has 2 N–H and O–H groups in total. The molecule has 0 bridgehead atoms. The number of rotatable bonds is 10. The van der Waals surface area contributed by atoms with Crippen molar-refractivity contribution in [1.82, 2.24) is 5.32 Å². The van der Waals surface area contributed by atoms with Gasteiger partial charge in [0.1, 0.15) is 0 Å². The predicted molar refractivity (Wildman–Crippen MR) is 112 cm³/mol. The zero-order valence-electron chi connectivity index (χ0n) is 17.3. The van der Waals surface area contributed by atoms with Crippen molar-refractivity contribution in [3.05, 3.63) is 53.6 Å². The van der Waals surface area contributed by atoms with Crippen LogP contribution in [0.15, 0.2) is 42.5 Å². The van der Waals surface area contributed by atoms with E-state index >= 15 is 0 Å². The van der Waals surface area contributed by atoms with Crippen molar-refractivity contribution in [2.24, 2.45) is 0 Å². The summed E-state index contributed by atoms with van der Waals surface area (Å²) in [7, 11) is 2.86. The van der Waals surface area contributed by atoms with Crippen LogP contribution >= 0.6 is 0 Å². The standard InChI is InChI=1S/C22H26N2O6/c1-15(25)24-18-13-20(29-3)19(28-2)12-17(18)22(27)30-14-21(26)23-11-7-10-16-8-5-4-6-9-16/h4-6,8-9,12-13H,7,10-11,14H2,1-3H3,(H,23,26)(H,24,25). The zero-order chi connectivity index (χ0) is 21.9. The van der Waals surface area contributed by atoms with E-state index in [1.807, 2.05) is 30.3 Å². The van der Waals surface area contributed by atoms with Gasteiger partial charge in [0.05, 0.1) is 25.5 Å². The third kappa shape index (κ3) is 6.80. The topological polar surface area (TPSA) is 103 Å². The number of hydrogen-bond acceptors (Lipinski definition) is 6. The van der Waals surface area contributed by atoms with Gasteiger partial charge in [-0.15, -0.1) is 0 Å². The summed E-state index contributed by atoms with van der Waals surface area (Å²) >= 11 is 0. The molecule has 0 radical (unpaired) electrons. The van der Waals surface area contributed by atoms with Crippen LogP contribution in [0.2, 0.25) is 0 Å². The summed E-state index contributed by atoms with van der Waals surface area (Å²) in [4.78, 5) is 35.9. The number of nitrogens with one attached hydrogen (secondary N) is 2. The van der Waals surface area contributed by atoms with Gasteiger partial charge in [0.25, 0.3) is 5.91 Å². The molecular weight excluding hydrogens is 388 g/mol. The molecule has 8 nitrogen and oxygen atoms in total. The summed E-state index contributed by atoms with van der Waals surface area (Å²) in [5, 5.41) is 5.27. The average molecular weight is 414 g/mol. The number of aryl methyl sites for hydroxylation is 1. The minimum absolute atomic E-state index is 0.0553. The smallest absolute Gasteiger partial charge is 0.340 e. The van der Waals surface area contributed by atoms with E-state index < -0.39 is 18.5 Å². The lowest BCUT2D eigenvalue weighted by Gasteiger charge is -2.14. The monoisotopic (exact) mass is 414 g/mol. The van der Waals surface area contributed by atoms with Gasteiger partial charge in [0.2, 0.25) is 5.91 Å². The molecule has 0 saturated heterocycles. The van der Waals surface area contributed by atoms with Crippen LogP contribution in [-0.2, 0) is 20.7 Å². The fourth-order valence-corrected chi connectivity index (χ4v) is 2.77. The van der Waals surface area contributed by atoms with Crippen LogP contribution in [0.4, 0.5) is 5.69 Å². The highest BCUT2D eigenvalue weighted by atomic mass is 16.5. The Morgan fingerprint density at radius 1 is 0.967 bits per heavy atom. The van der Waals surface area contributed by atoms with E-state index in [0.29, 0.717) is 18.0 Å². The first kappa shape index (κ1) is 22.7. The molecule has 0 saturated carbocycles. The quantitative estimate of drug-likeness (QED) is 0.458. The Kier molecular flexibility index (Phi) is 8.68. The van der Waals surface area contributed by atoms with Gasteiger partial charge in [-0.05, 0) is 18.4 Å². The fraction of sp³-hybridized carbons (Fsp3) is 0.318. The van der Waals surface area contributed by atoms with E-state index in [0.717, 1.165) is 12.8 Å². The Balaban J connectivity index is 1.91.